The predicted molar refractivity (Wildman–Crippen MR) is 64.9 cm³/mol. The van der Waals surface area contributed by atoms with E-state index in [-0.39, 0.29) is 12.0 Å². The van der Waals surface area contributed by atoms with Gasteiger partial charge in [0.05, 0.1) is 6.42 Å². The zero-order valence-corrected chi connectivity index (χ0v) is 10.6. The molecule has 0 spiro atoms. The number of carboxylic acid groups (broad SMARTS) is 1. The molecule has 1 aromatic rings. The molecule has 0 heterocycles. The third kappa shape index (κ3) is 4.16. The number of halogens is 1. The smallest absolute Gasteiger partial charge is 0.305 e. The summed E-state index contributed by atoms with van der Waals surface area (Å²) in [4.78, 5) is 22.5. The Morgan fingerprint density at radius 3 is 2.44 bits per heavy atom. The Morgan fingerprint density at radius 2 is 1.94 bits per heavy atom. The third-order valence-corrected chi connectivity index (χ3v) is 2.35. The van der Waals surface area contributed by atoms with E-state index in [0.29, 0.717) is 5.56 Å². The number of aliphatic carboxylic acids is 1. The van der Waals surface area contributed by atoms with Crippen molar-refractivity contribution in [2.24, 2.45) is 0 Å². The molecule has 0 bridgehead atoms. The Balaban J connectivity index is 2.85. The number of hydrogen-bond acceptors (Lipinski definition) is 2. The molecule has 0 radical (unpaired) electrons. The average molecular weight is 253 g/mol. The van der Waals surface area contributed by atoms with E-state index in [9.17, 15) is 14.0 Å². The number of hydrogen-bond donors (Lipinski definition) is 2. The minimum atomic E-state index is -1.00. The summed E-state index contributed by atoms with van der Waals surface area (Å²) in [5.74, 6) is -1.98. The first-order chi connectivity index (χ1) is 8.19. The highest BCUT2D eigenvalue weighted by Crippen LogP contribution is 2.12. The molecule has 0 fully saturated rings. The molecule has 0 saturated carbocycles. The molecule has 0 aliphatic carbocycles. The Morgan fingerprint density at radius 1 is 1.33 bits per heavy atom. The van der Waals surface area contributed by atoms with Crippen LogP contribution in [0, 0.1) is 12.7 Å². The van der Waals surface area contributed by atoms with E-state index in [1.807, 2.05) is 0 Å². The van der Waals surface area contributed by atoms with E-state index in [0.717, 1.165) is 6.07 Å². The SMILES string of the molecule is Cc1cc(F)cc(C(=O)NC(C)(C)CC(=O)O)c1. The zero-order chi connectivity index (χ0) is 13.9. The van der Waals surface area contributed by atoms with Crippen LogP contribution in [0.25, 0.3) is 0 Å². The van der Waals surface area contributed by atoms with Crippen molar-refractivity contribution in [3.8, 4) is 0 Å². The number of aryl methyl sites for hydroxylation is 1. The van der Waals surface area contributed by atoms with E-state index >= 15 is 0 Å². The summed E-state index contributed by atoms with van der Waals surface area (Å²) in [6.07, 6.45) is -0.201. The van der Waals surface area contributed by atoms with Gasteiger partial charge in [-0.15, -0.1) is 0 Å². The lowest BCUT2D eigenvalue weighted by atomic mass is 10.00. The van der Waals surface area contributed by atoms with Crippen molar-refractivity contribution < 1.29 is 19.1 Å². The maximum absolute atomic E-state index is 13.2. The van der Waals surface area contributed by atoms with Gasteiger partial charge >= 0.3 is 5.97 Å². The predicted octanol–water partition coefficient (Wildman–Crippen LogP) is 2.12. The largest absolute Gasteiger partial charge is 0.481 e. The first-order valence-electron chi connectivity index (χ1n) is 5.51. The van der Waals surface area contributed by atoms with Crippen LogP contribution in [0.15, 0.2) is 18.2 Å². The topological polar surface area (TPSA) is 66.4 Å². The van der Waals surface area contributed by atoms with Crippen molar-refractivity contribution in [3.05, 3.63) is 35.1 Å². The summed E-state index contributed by atoms with van der Waals surface area (Å²) in [5, 5.41) is 11.3. The minimum absolute atomic E-state index is 0.186. The fourth-order valence-electron chi connectivity index (χ4n) is 1.67. The van der Waals surface area contributed by atoms with Crippen molar-refractivity contribution >= 4 is 11.9 Å². The summed E-state index contributed by atoms with van der Waals surface area (Å²) >= 11 is 0. The number of rotatable bonds is 4. The highest BCUT2D eigenvalue weighted by Gasteiger charge is 2.24. The molecule has 0 aliphatic heterocycles. The number of amides is 1. The molecule has 18 heavy (non-hydrogen) atoms. The van der Waals surface area contributed by atoms with Gasteiger partial charge in [0.2, 0.25) is 0 Å². The van der Waals surface area contributed by atoms with Crippen molar-refractivity contribution in [1.82, 2.24) is 5.32 Å². The molecule has 1 amide bonds. The second-order valence-electron chi connectivity index (χ2n) is 4.93. The maximum atomic E-state index is 13.2. The summed E-state index contributed by atoms with van der Waals surface area (Å²) in [6.45, 7) is 4.89. The molecule has 0 aliphatic rings. The van der Waals surface area contributed by atoms with Gasteiger partial charge in [-0.25, -0.2) is 4.39 Å². The molecule has 5 heteroatoms. The summed E-state index contributed by atoms with van der Waals surface area (Å²) < 4.78 is 13.2. The van der Waals surface area contributed by atoms with Crippen LogP contribution in [0.5, 0.6) is 0 Å². The van der Waals surface area contributed by atoms with E-state index in [1.54, 1.807) is 26.8 Å². The Kier molecular flexibility index (Phi) is 4.06. The van der Waals surface area contributed by atoms with Crippen LogP contribution in [0.4, 0.5) is 4.39 Å². The molecule has 98 valence electrons. The van der Waals surface area contributed by atoms with Gasteiger partial charge in [0.1, 0.15) is 5.82 Å². The lowest BCUT2D eigenvalue weighted by molar-refractivity contribution is -0.138. The molecule has 0 aromatic heterocycles. The van der Waals surface area contributed by atoms with Crippen molar-refractivity contribution in [3.63, 3.8) is 0 Å². The van der Waals surface area contributed by atoms with Crippen molar-refractivity contribution in [1.29, 1.82) is 0 Å². The zero-order valence-electron chi connectivity index (χ0n) is 10.6. The summed E-state index contributed by atoms with van der Waals surface area (Å²) in [5.41, 5.74) is -0.0643. The molecule has 0 atom stereocenters. The lowest BCUT2D eigenvalue weighted by Gasteiger charge is -2.24. The molecule has 2 N–H and O–H groups in total. The molecule has 4 nitrogen and oxygen atoms in total. The average Bonchev–Trinajstić information content (AvgIpc) is 2.12. The summed E-state index contributed by atoms with van der Waals surface area (Å²) in [7, 11) is 0. The van der Waals surface area contributed by atoms with Gasteiger partial charge in [-0.05, 0) is 44.5 Å². The lowest BCUT2D eigenvalue weighted by Crippen LogP contribution is -2.45. The second-order valence-corrected chi connectivity index (χ2v) is 4.93. The van der Waals surface area contributed by atoms with E-state index in [1.165, 1.54) is 6.07 Å². The highest BCUT2D eigenvalue weighted by molar-refractivity contribution is 5.95. The number of benzene rings is 1. The van der Waals surface area contributed by atoms with Gasteiger partial charge in [0, 0.05) is 11.1 Å². The van der Waals surface area contributed by atoms with Gasteiger partial charge in [-0.3, -0.25) is 9.59 Å². The summed E-state index contributed by atoms with van der Waals surface area (Å²) in [6, 6.07) is 3.99. The molecule has 1 aromatic carbocycles. The maximum Gasteiger partial charge on any atom is 0.305 e. The van der Waals surface area contributed by atoms with Crippen LogP contribution < -0.4 is 5.32 Å². The van der Waals surface area contributed by atoms with Crippen LogP contribution in [-0.2, 0) is 4.79 Å². The van der Waals surface area contributed by atoms with E-state index < -0.39 is 23.2 Å². The molecule has 0 unspecified atom stereocenters. The van der Waals surface area contributed by atoms with Crippen LogP contribution in [0.3, 0.4) is 0 Å². The molecule has 0 saturated heterocycles. The van der Waals surface area contributed by atoms with Crippen LogP contribution >= 0.6 is 0 Å². The minimum Gasteiger partial charge on any atom is -0.481 e. The van der Waals surface area contributed by atoms with Gasteiger partial charge in [-0.1, -0.05) is 0 Å². The van der Waals surface area contributed by atoms with Crippen molar-refractivity contribution in [2.75, 3.05) is 0 Å². The normalized spacial score (nSPS) is 11.1. The standard InChI is InChI=1S/C13H16FNO3/c1-8-4-9(6-10(14)5-8)12(18)15-13(2,3)7-11(16)17/h4-6H,7H2,1-3H3,(H,15,18)(H,16,17). The molecular formula is C13H16FNO3. The number of carboxylic acids is 1. The van der Waals surface area contributed by atoms with E-state index in [4.69, 9.17) is 5.11 Å². The van der Waals surface area contributed by atoms with Gasteiger partial charge in [-0.2, -0.15) is 0 Å². The molecular weight excluding hydrogens is 237 g/mol. The van der Waals surface area contributed by atoms with Gasteiger partial charge < -0.3 is 10.4 Å². The fourth-order valence-corrected chi connectivity index (χ4v) is 1.67. The fraction of sp³-hybridized carbons (Fsp3) is 0.385. The first-order valence-corrected chi connectivity index (χ1v) is 5.51. The number of nitrogens with one attached hydrogen (secondary N) is 1. The Labute approximate surface area is 105 Å². The number of carbonyl (C=O) groups is 2. The van der Waals surface area contributed by atoms with Crippen LogP contribution in [0.2, 0.25) is 0 Å². The quantitative estimate of drug-likeness (QED) is 0.863. The first kappa shape index (κ1) is 14.2. The Bertz CT molecular complexity index is 463. The van der Waals surface area contributed by atoms with Crippen LogP contribution in [0.1, 0.15) is 36.2 Å². The highest BCUT2D eigenvalue weighted by atomic mass is 19.1. The van der Waals surface area contributed by atoms with Crippen LogP contribution in [-0.4, -0.2) is 22.5 Å². The number of carbonyl (C=O) groups excluding carboxylic acids is 1. The van der Waals surface area contributed by atoms with Gasteiger partial charge in [0.25, 0.3) is 5.91 Å². The van der Waals surface area contributed by atoms with Gasteiger partial charge in [0.15, 0.2) is 0 Å². The van der Waals surface area contributed by atoms with Crippen molar-refractivity contribution in [2.45, 2.75) is 32.7 Å². The third-order valence-electron chi connectivity index (χ3n) is 2.35. The molecule has 1 rings (SSSR count). The Hall–Kier alpha value is -1.91. The second kappa shape index (κ2) is 5.16. The monoisotopic (exact) mass is 253 g/mol. The van der Waals surface area contributed by atoms with E-state index in [2.05, 4.69) is 5.32 Å².